The summed E-state index contributed by atoms with van der Waals surface area (Å²) in [7, 11) is 0. The Kier molecular flexibility index (Phi) is 6.32. The molecule has 0 saturated heterocycles. The van der Waals surface area contributed by atoms with E-state index < -0.39 is 0 Å². The summed E-state index contributed by atoms with van der Waals surface area (Å²) < 4.78 is 0. The molecule has 0 aliphatic heterocycles. The summed E-state index contributed by atoms with van der Waals surface area (Å²) in [4.78, 5) is 17.1. The Morgan fingerprint density at radius 1 is 1.17 bits per heavy atom. The Labute approximate surface area is 139 Å². The molecule has 1 N–H and O–H groups in total. The fraction of sp³-hybridized carbons (Fsp3) is 0.118. The maximum Gasteiger partial charge on any atom is 0.271 e. The first-order valence-electron chi connectivity index (χ1n) is 7.05. The van der Waals surface area contributed by atoms with Gasteiger partial charge in [0.25, 0.3) is 5.91 Å². The third-order valence-electron chi connectivity index (χ3n) is 2.81. The number of rotatable bonds is 6. The number of oxime groups is 1. The summed E-state index contributed by atoms with van der Waals surface area (Å²) in [6.07, 6.45) is 1.46. The highest BCUT2D eigenvalue weighted by Crippen LogP contribution is 2.10. The molecular formula is C17H16ClN3O2. The second-order valence-corrected chi connectivity index (χ2v) is 4.90. The molecule has 0 aromatic heterocycles. The minimum Gasteiger partial charge on any atom is -0.396 e. The van der Waals surface area contributed by atoms with Gasteiger partial charge in [0, 0.05) is 16.1 Å². The molecule has 2 rings (SSSR count). The third kappa shape index (κ3) is 5.23. The normalized spacial score (nSPS) is 11.5. The summed E-state index contributed by atoms with van der Waals surface area (Å²) >= 11 is 5.88. The number of hydrogen-bond acceptors (Lipinski definition) is 4. The van der Waals surface area contributed by atoms with Crippen LogP contribution in [-0.2, 0) is 4.84 Å². The lowest BCUT2D eigenvalue weighted by Crippen LogP contribution is -2.20. The Morgan fingerprint density at radius 3 is 2.61 bits per heavy atom. The van der Waals surface area contributed by atoms with E-state index in [1.165, 1.54) is 6.21 Å². The van der Waals surface area contributed by atoms with Crippen LogP contribution in [0, 0.1) is 0 Å². The highest BCUT2D eigenvalue weighted by atomic mass is 35.5. The van der Waals surface area contributed by atoms with Crippen LogP contribution in [0.15, 0.2) is 64.9 Å². The molecule has 0 bridgehead atoms. The fourth-order valence-electron chi connectivity index (χ4n) is 1.74. The van der Waals surface area contributed by atoms with Crippen LogP contribution < -0.4 is 5.43 Å². The van der Waals surface area contributed by atoms with E-state index in [1.54, 1.807) is 24.3 Å². The van der Waals surface area contributed by atoms with Gasteiger partial charge in [-0.3, -0.25) is 4.79 Å². The van der Waals surface area contributed by atoms with Crippen LogP contribution in [0.5, 0.6) is 0 Å². The predicted molar refractivity (Wildman–Crippen MR) is 92.0 cm³/mol. The average Bonchev–Trinajstić information content (AvgIpc) is 2.58. The lowest BCUT2D eigenvalue weighted by atomic mass is 10.1. The van der Waals surface area contributed by atoms with Crippen LogP contribution in [0.3, 0.4) is 0 Å². The second kappa shape index (κ2) is 8.70. The zero-order valence-electron chi connectivity index (χ0n) is 12.6. The van der Waals surface area contributed by atoms with Crippen LogP contribution in [0.2, 0.25) is 5.02 Å². The van der Waals surface area contributed by atoms with Crippen LogP contribution in [-0.4, -0.2) is 24.4 Å². The number of halogens is 1. The second-order valence-electron chi connectivity index (χ2n) is 4.47. The lowest BCUT2D eigenvalue weighted by Gasteiger charge is -2.04. The van der Waals surface area contributed by atoms with Gasteiger partial charge in [0.2, 0.25) is 0 Å². The molecule has 5 nitrogen and oxygen atoms in total. The largest absolute Gasteiger partial charge is 0.396 e. The van der Waals surface area contributed by atoms with Gasteiger partial charge in [-0.1, -0.05) is 53.2 Å². The van der Waals surface area contributed by atoms with Gasteiger partial charge in [0.05, 0.1) is 6.21 Å². The van der Waals surface area contributed by atoms with Crippen LogP contribution >= 0.6 is 11.6 Å². The van der Waals surface area contributed by atoms with Crippen molar-refractivity contribution in [1.29, 1.82) is 0 Å². The third-order valence-corrected chi connectivity index (χ3v) is 3.05. The lowest BCUT2D eigenvalue weighted by molar-refractivity contribution is 0.0955. The fourth-order valence-corrected chi connectivity index (χ4v) is 1.93. The topological polar surface area (TPSA) is 63.1 Å². The number of carbonyl (C=O) groups is 1. The van der Waals surface area contributed by atoms with E-state index in [9.17, 15) is 4.79 Å². The monoisotopic (exact) mass is 329 g/mol. The number of amides is 1. The smallest absolute Gasteiger partial charge is 0.271 e. The molecule has 0 heterocycles. The summed E-state index contributed by atoms with van der Waals surface area (Å²) in [5, 5.41) is 8.41. The molecular weight excluding hydrogens is 314 g/mol. The van der Waals surface area contributed by atoms with Crippen molar-refractivity contribution in [1.82, 2.24) is 5.43 Å². The number of hydrogen-bond donors (Lipinski definition) is 1. The van der Waals surface area contributed by atoms with Gasteiger partial charge in [-0.05, 0) is 25.1 Å². The molecule has 2 aromatic rings. The van der Waals surface area contributed by atoms with Crippen molar-refractivity contribution in [3.63, 3.8) is 0 Å². The maximum atomic E-state index is 12.1. The quantitative estimate of drug-likeness (QED) is 0.651. The molecule has 0 aliphatic rings. The number of hydrazone groups is 1. The molecule has 118 valence electrons. The molecule has 0 saturated carbocycles. The number of benzene rings is 2. The Balaban J connectivity index is 2.18. The van der Waals surface area contributed by atoms with E-state index in [4.69, 9.17) is 16.4 Å². The molecule has 0 aliphatic carbocycles. The van der Waals surface area contributed by atoms with Gasteiger partial charge in [0.1, 0.15) is 12.3 Å². The van der Waals surface area contributed by atoms with E-state index in [-0.39, 0.29) is 5.91 Å². The van der Waals surface area contributed by atoms with E-state index in [1.807, 2.05) is 37.3 Å². The standard InChI is InChI=1S/C17H16ClN3O2/c1-2-23-19-12-16(13-7-4-3-5-8-13)20-21-17(22)14-9-6-10-15(18)11-14/h3-12H,2H2,1H3,(H,21,22)/b19-12-,20-16+. The molecule has 23 heavy (non-hydrogen) atoms. The van der Waals surface area contributed by atoms with E-state index in [0.29, 0.717) is 22.9 Å². The minimum absolute atomic E-state index is 0.356. The summed E-state index contributed by atoms with van der Waals surface area (Å²) in [5.74, 6) is -0.356. The number of carbonyl (C=O) groups excluding carboxylic acids is 1. The van der Waals surface area contributed by atoms with Crippen molar-refractivity contribution in [3.8, 4) is 0 Å². The van der Waals surface area contributed by atoms with Crippen molar-refractivity contribution >= 4 is 29.4 Å². The first-order chi connectivity index (χ1) is 11.2. The molecule has 6 heteroatoms. The van der Waals surface area contributed by atoms with E-state index in [0.717, 1.165) is 5.56 Å². The Bertz CT molecular complexity index is 715. The van der Waals surface area contributed by atoms with Gasteiger partial charge >= 0.3 is 0 Å². The van der Waals surface area contributed by atoms with E-state index >= 15 is 0 Å². The van der Waals surface area contributed by atoms with E-state index in [2.05, 4.69) is 15.7 Å². The van der Waals surface area contributed by atoms with Gasteiger partial charge < -0.3 is 4.84 Å². The van der Waals surface area contributed by atoms with Crippen LogP contribution in [0.4, 0.5) is 0 Å². The summed E-state index contributed by atoms with van der Waals surface area (Å²) in [6, 6.07) is 16.0. The van der Waals surface area contributed by atoms with Gasteiger partial charge in [0.15, 0.2) is 0 Å². The molecule has 2 aromatic carbocycles. The van der Waals surface area contributed by atoms with Crippen LogP contribution in [0.25, 0.3) is 0 Å². The Hall–Kier alpha value is -2.66. The van der Waals surface area contributed by atoms with Gasteiger partial charge in [-0.25, -0.2) is 5.43 Å². The summed E-state index contributed by atoms with van der Waals surface area (Å²) in [5.41, 5.74) is 4.21. The maximum absolute atomic E-state index is 12.1. The van der Waals surface area contributed by atoms with Gasteiger partial charge in [-0.15, -0.1) is 0 Å². The molecule has 0 unspecified atom stereocenters. The number of nitrogens with zero attached hydrogens (tertiary/aromatic N) is 2. The minimum atomic E-state index is -0.356. The highest BCUT2D eigenvalue weighted by molar-refractivity contribution is 6.38. The predicted octanol–water partition coefficient (Wildman–Crippen LogP) is 3.50. The van der Waals surface area contributed by atoms with Crippen LogP contribution in [0.1, 0.15) is 22.8 Å². The zero-order valence-corrected chi connectivity index (χ0v) is 13.3. The number of nitrogens with one attached hydrogen (secondary N) is 1. The summed E-state index contributed by atoms with van der Waals surface area (Å²) in [6.45, 7) is 2.28. The first kappa shape index (κ1) is 16.7. The van der Waals surface area contributed by atoms with Crippen molar-refractivity contribution in [2.75, 3.05) is 6.61 Å². The molecule has 0 fully saturated rings. The molecule has 0 spiro atoms. The van der Waals surface area contributed by atoms with Gasteiger partial charge in [-0.2, -0.15) is 5.10 Å². The average molecular weight is 330 g/mol. The Morgan fingerprint density at radius 2 is 1.91 bits per heavy atom. The van der Waals surface area contributed by atoms with Crippen molar-refractivity contribution in [2.45, 2.75) is 6.92 Å². The first-order valence-corrected chi connectivity index (χ1v) is 7.43. The SMILES string of the molecule is CCO/N=C\C(=N/NC(=O)c1cccc(Cl)c1)c1ccccc1. The highest BCUT2D eigenvalue weighted by Gasteiger charge is 2.06. The van der Waals surface area contributed by atoms with Crippen molar-refractivity contribution < 1.29 is 9.63 Å². The molecule has 0 radical (unpaired) electrons. The van der Waals surface area contributed by atoms with Crippen molar-refractivity contribution in [2.24, 2.45) is 10.3 Å². The van der Waals surface area contributed by atoms with Crippen molar-refractivity contribution in [3.05, 3.63) is 70.7 Å². The molecule has 0 atom stereocenters. The molecule has 1 amide bonds. The zero-order chi connectivity index (χ0) is 16.5.